The van der Waals surface area contributed by atoms with Gasteiger partial charge in [-0.3, -0.25) is 0 Å². The lowest BCUT2D eigenvalue weighted by molar-refractivity contribution is 0.260. The summed E-state index contributed by atoms with van der Waals surface area (Å²) in [6.45, 7) is 25.3. The monoisotopic (exact) mass is 396 g/mol. The van der Waals surface area contributed by atoms with Gasteiger partial charge in [0.2, 0.25) is 0 Å². The number of aromatic hydroxyl groups is 1. The predicted molar refractivity (Wildman–Crippen MR) is 117 cm³/mol. The van der Waals surface area contributed by atoms with Crippen LogP contribution in [-0.4, -0.2) is 21.7 Å². The number of rotatable bonds is 6. The lowest BCUT2D eigenvalue weighted by Crippen LogP contribution is -2.40. The van der Waals surface area contributed by atoms with E-state index in [9.17, 15) is 5.11 Å². The molecule has 1 aromatic carbocycles. The number of aryl methyl sites for hydroxylation is 1. The maximum Gasteiger partial charge on any atom is 0.192 e. The second-order valence-corrected chi connectivity index (χ2v) is 20.1. The highest BCUT2D eigenvalue weighted by molar-refractivity contribution is 6.74. The summed E-state index contributed by atoms with van der Waals surface area (Å²) in [6, 6.07) is 4.05. The van der Waals surface area contributed by atoms with Gasteiger partial charge in [0.05, 0.1) is 13.2 Å². The molecule has 0 fully saturated rings. The first-order chi connectivity index (χ1) is 11.5. The van der Waals surface area contributed by atoms with Gasteiger partial charge in [0, 0.05) is 11.1 Å². The topological polar surface area (TPSA) is 38.7 Å². The Kier molecular flexibility index (Phi) is 7.01. The molecule has 3 nitrogen and oxygen atoms in total. The maximum absolute atomic E-state index is 10.8. The van der Waals surface area contributed by atoms with Gasteiger partial charge in [0.25, 0.3) is 0 Å². The quantitative estimate of drug-likeness (QED) is 0.541. The molecule has 1 aromatic rings. The van der Waals surface area contributed by atoms with Gasteiger partial charge in [-0.2, -0.15) is 0 Å². The molecule has 26 heavy (non-hydrogen) atoms. The van der Waals surface area contributed by atoms with Crippen molar-refractivity contribution in [3.05, 3.63) is 28.8 Å². The second-order valence-electron chi connectivity index (χ2n) is 10.5. The molecule has 0 atom stereocenters. The first kappa shape index (κ1) is 23.4. The molecule has 0 aliphatic rings. The molecule has 1 rings (SSSR count). The van der Waals surface area contributed by atoms with Crippen molar-refractivity contribution in [2.45, 2.75) is 97.9 Å². The van der Waals surface area contributed by atoms with E-state index in [1.54, 1.807) is 0 Å². The van der Waals surface area contributed by atoms with Gasteiger partial charge >= 0.3 is 0 Å². The summed E-state index contributed by atoms with van der Waals surface area (Å²) in [6.07, 6.45) is 0. The molecule has 150 valence electrons. The van der Waals surface area contributed by atoms with Crippen molar-refractivity contribution >= 4 is 16.6 Å². The van der Waals surface area contributed by atoms with Crippen LogP contribution in [-0.2, 0) is 22.1 Å². The molecule has 0 aromatic heterocycles. The SMILES string of the molecule is Cc1cc(CO[Si](C)(C)C(C)(C)C)c(O)c(CO[Si](C)(C)C(C)(C)C)c1. The van der Waals surface area contributed by atoms with Gasteiger partial charge in [-0.25, -0.2) is 0 Å². The van der Waals surface area contributed by atoms with E-state index in [0.717, 1.165) is 16.7 Å². The molecular formula is C21H40O3Si2. The number of phenolic OH excluding ortho intramolecular Hbond substituents is 1. The first-order valence-corrected chi connectivity index (χ1v) is 15.4. The third-order valence-corrected chi connectivity index (χ3v) is 15.2. The molecule has 1 N–H and O–H groups in total. The van der Waals surface area contributed by atoms with Gasteiger partial charge in [-0.1, -0.05) is 59.2 Å². The van der Waals surface area contributed by atoms with E-state index in [0.29, 0.717) is 19.0 Å². The zero-order chi connectivity index (χ0) is 20.6. The third kappa shape index (κ3) is 5.68. The molecule has 0 heterocycles. The van der Waals surface area contributed by atoms with Crippen molar-refractivity contribution in [1.29, 1.82) is 0 Å². The lowest BCUT2D eigenvalue weighted by Gasteiger charge is -2.37. The van der Waals surface area contributed by atoms with Gasteiger partial charge in [-0.05, 0) is 43.2 Å². The zero-order valence-corrected chi connectivity index (χ0v) is 20.8. The molecule has 5 heteroatoms. The molecule has 0 amide bonds. The zero-order valence-electron chi connectivity index (χ0n) is 18.8. The molecule has 0 radical (unpaired) electrons. The van der Waals surface area contributed by atoms with Crippen molar-refractivity contribution in [3.8, 4) is 5.75 Å². The maximum atomic E-state index is 10.8. The summed E-state index contributed by atoms with van der Waals surface area (Å²) in [4.78, 5) is 0. The van der Waals surface area contributed by atoms with Crippen molar-refractivity contribution in [2.75, 3.05) is 0 Å². The predicted octanol–water partition coefficient (Wildman–Crippen LogP) is 6.74. The van der Waals surface area contributed by atoms with Crippen LogP contribution in [0.1, 0.15) is 58.2 Å². The summed E-state index contributed by atoms with van der Waals surface area (Å²) >= 11 is 0. The minimum absolute atomic E-state index is 0.153. The van der Waals surface area contributed by atoms with Crippen LogP contribution in [0.25, 0.3) is 0 Å². The summed E-state index contributed by atoms with van der Waals surface area (Å²) in [5.41, 5.74) is 2.86. The molecule has 0 spiro atoms. The first-order valence-electron chi connectivity index (χ1n) is 9.57. The van der Waals surface area contributed by atoms with Crippen LogP contribution in [0.3, 0.4) is 0 Å². The fourth-order valence-electron chi connectivity index (χ4n) is 2.10. The van der Waals surface area contributed by atoms with E-state index in [-0.39, 0.29) is 10.1 Å². The molecule has 0 aliphatic heterocycles. The fourth-order valence-corrected chi connectivity index (χ4v) is 4.00. The average Bonchev–Trinajstić information content (AvgIpc) is 2.44. The van der Waals surface area contributed by atoms with E-state index >= 15 is 0 Å². The largest absolute Gasteiger partial charge is 0.507 e. The number of phenols is 1. The Labute approximate surface area is 163 Å². The molecule has 0 bridgehead atoms. The molecule has 0 saturated heterocycles. The van der Waals surface area contributed by atoms with Crippen LogP contribution in [0.4, 0.5) is 0 Å². The van der Waals surface area contributed by atoms with Crippen molar-refractivity contribution < 1.29 is 14.0 Å². The molecule has 0 unspecified atom stereocenters. The highest BCUT2D eigenvalue weighted by atomic mass is 28.4. The molecule has 0 saturated carbocycles. The Bertz CT molecular complexity index is 572. The van der Waals surface area contributed by atoms with E-state index in [4.69, 9.17) is 8.85 Å². The van der Waals surface area contributed by atoms with E-state index in [1.807, 2.05) is 12.1 Å². The lowest BCUT2D eigenvalue weighted by atomic mass is 10.1. The Morgan fingerprint density at radius 3 is 1.35 bits per heavy atom. The minimum atomic E-state index is -1.85. The molecule has 0 aliphatic carbocycles. The number of hydrogen-bond acceptors (Lipinski definition) is 3. The minimum Gasteiger partial charge on any atom is -0.507 e. The Morgan fingerprint density at radius 1 is 0.769 bits per heavy atom. The van der Waals surface area contributed by atoms with Gasteiger partial charge in [-0.15, -0.1) is 0 Å². The van der Waals surface area contributed by atoms with Gasteiger partial charge < -0.3 is 14.0 Å². The van der Waals surface area contributed by atoms with E-state index < -0.39 is 16.6 Å². The summed E-state index contributed by atoms with van der Waals surface area (Å²) in [5, 5.41) is 11.1. The van der Waals surface area contributed by atoms with Crippen LogP contribution in [0.5, 0.6) is 5.75 Å². The normalized spacial score (nSPS) is 14.0. The smallest absolute Gasteiger partial charge is 0.192 e. The number of hydrogen-bond donors (Lipinski definition) is 1. The van der Waals surface area contributed by atoms with Crippen LogP contribution in [0.2, 0.25) is 36.3 Å². The van der Waals surface area contributed by atoms with Crippen LogP contribution in [0.15, 0.2) is 12.1 Å². The highest BCUT2D eigenvalue weighted by Gasteiger charge is 2.38. The van der Waals surface area contributed by atoms with Crippen molar-refractivity contribution in [3.63, 3.8) is 0 Å². The van der Waals surface area contributed by atoms with E-state index in [2.05, 4.69) is 74.7 Å². The molecular weight excluding hydrogens is 356 g/mol. The Hall–Kier alpha value is -0.626. The second kappa shape index (κ2) is 7.78. The third-order valence-electron chi connectivity index (χ3n) is 6.20. The number of benzene rings is 1. The Balaban J connectivity index is 2.99. The van der Waals surface area contributed by atoms with Crippen LogP contribution >= 0.6 is 0 Å². The van der Waals surface area contributed by atoms with Crippen LogP contribution < -0.4 is 0 Å². The highest BCUT2D eigenvalue weighted by Crippen LogP contribution is 2.39. The van der Waals surface area contributed by atoms with Gasteiger partial charge in [0.1, 0.15) is 5.75 Å². The van der Waals surface area contributed by atoms with Crippen LogP contribution in [0, 0.1) is 6.92 Å². The summed E-state index contributed by atoms with van der Waals surface area (Å²) < 4.78 is 12.6. The van der Waals surface area contributed by atoms with Crippen molar-refractivity contribution in [2.24, 2.45) is 0 Å². The van der Waals surface area contributed by atoms with Crippen molar-refractivity contribution in [1.82, 2.24) is 0 Å². The van der Waals surface area contributed by atoms with E-state index in [1.165, 1.54) is 0 Å². The fraction of sp³-hybridized carbons (Fsp3) is 0.714. The standard InChI is InChI=1S/C21H40O3Si2/c1-16-12-17(14-23-25(8,9)20(2,3)4)19(22)18(13-16)15-24-26(10,11)21(5,6)7/h12-13,22H,14-15H2,1-11H3. The Morgan fingerprint density at radius 2 is 1.08 bits per heavy atom. The summed E-state index contributed by atoms with van der Waals surface area (Å²) in [7, 11) is -3.71. The average molecular weight is 397 g/mol. The van der Waals surface area contributed by atoms with Gasteiger partial charge in [0.15, 0.2) is 16.6 Å². The summed E-state index contributed by atoms with van der Waals surface area (Å²) in [5.74, 6) is 0.327.